The van der Waals surface area contributed by atoms with Crippen LogP contribution in [0.25, 0.3) is 0 Å². The van der Waals surface area contributed by atoms with E-state index in [1.54, 1.807) is 0 Å². The summed E-state index contributed by atoms with van der Waals surface area (Å²) in [5.41, 5.74) is 12.5. The molecule has 0 fully saturated rings. The highest BCUT2D eigenvalue weighted by molar-refractivity contribution is 6.34. The van der Waals surface area contributed by atoms with Crippen molar-refractivity contribution in [3.63, 3.8) is 0 Å². The number of aromatic hydroxyl groups is 1. The van der Waals surface area contributed by atoms with E-state index in [2.05, 4.69) is 15.0 Å². The molecule has 3 rings (SSSR count). The molecule has 1 amide bonds. The molecule has 0 saturated carbocycles. The minimum atomic E-state index is -0.784. The Labute approximate surface area is 124 Å². The lowest BCUT2D eigenvalue weighted by Crippen LogP contribution is -2.24. The number of amidine groups is 1. The number of nitrogens with two attached hydrogens (primary N) is 2. The van der Waals surface area contributed by atoms with Gasteiger partial charge in [-0.05, 0) is 18.2 Å². The summed E-state index contributed by atoms with van der Waals surface area (Å²) < 4.78 is 0. The standard InChI is InChI=1S/C13H10ClN5O2/c14-5-1-2-8(20)6(3-5)10(15)7-4-17-11-9(7)12(21)19-13(16)18-11/h1-4,10,20H,15H2,(H2,16,19,21). The van der Waals surface area contributed by atoms with Gasteiger partial charge in [-0.25, -0.2) is 4.99 Å². The normalized spacial score (nSPS) is 18.5. The van der Waals surface area contributed by atoms with Crippen LogP contribution in [0.5, 0.6) is 5.75 Å². The Kier molecular flexibility index (Phi) is 3.08. The lowest BCUT2D eigenvalue weighted by Gasteiger charge is -2.15. The molecule has 0 spiro atoms. The zero-order valence-electron chi connectivity index (χ0n) is 10.6. The monoisotopic (exact) mass is 303 g/mol. The highest BCUT2D eigenvalue weighted by atomic mass is 35.5. The van der Waals surface area contributed by atoms with Gasteiger partial charge in [-0.3, -0.25) is 4.79 Å². The SMILES string of the molecule is NC1=NC(=O)C2=C(C(N)c3cc(Cl)ccc3O)C=NC2=N1. The molecular formula is C13H10ClN5O2. The maximum atomic E-state index is 12.0. The summed E-state index contributed by atoms with van der Waals surface area (Å²) >= 11 is 5.91. The van der Waals surface area contributed by atoms with Crippen molar-refractivity contribution in [3.05, 3.63) is 39.9 Å². The maximum absolute atomic E-state index is 12.0. The fourth-order valence-corrected chi connectivity index (χ4v) is 2.34. The van der Waals surface area contributed by atoms with Crippen LogP contribution >= 0.6 is 11.6 Å². The molecule has 1 unspecified atom stereocenters. The van der Waals surface area contributed by atoms with Gasteiger partial charge in [0.2, 0.25) is 5.96 Å². The number of amides is 1. The molecule has 2 aliphatic rings. The van der Waals surface area contributed by atoms with Crippen LogP contribution in [0.2, 0.25) is 5.02 Å². The second kappa shape index (κ2) is 4.80. The Hall–Kier alpha value is -2.51. The summed E-state index contributed by atoms with van der Waals surface area (Å²) in [5.74, 6) is -0.539. The predicted octanol–water partition coefficient (Wildman–Crippen LogP) is 0.680. The van der Waals surface area contributed by atoms with Gasteiger partial charge in [0.15, 0.2) is 5.84 Å². The zero-order chi connectivity index (χ0) is 15.1. The van der Waals surface area contributed by atoms with E-state index in [4.69, 9.17) is 23.1 Å². The molecule has 1 aromatic carbocycles. The molecule has 1 atom stereocenters. The van der Waals surface area contributed by atoms with Gasteiger partial charge in [0.25, 0.3) is 5.91 Å². The second-order valence-corrected chi connectivity index (χ2v) is 4.92. The summed E-state index contributed by atoms with van der Waals surface area (Å²) in [7, 11) is 0. The first-order valence-electron chi connectivity index (χ1n) is 5.97. The van der Waals surface area contributed by atoms with Crippen LogP contribution in [-0.4, -0.2) is 29.0 Å². The lowest BCUT2D eigenvalue weighted by molar-refractivity contribution is -0.114. The van der Waals surface area contributed by atoms with E-state index in [1.165, 1.54) is 24.4 Å². The smallest absolute Gasteiger partial charge is 0.284 e. The van der Waals surface area contributed by atoms with Crippen LogP contribution in [0, 0.1) is 0 Å². The number of halogens is 1. The van der Waals surface area contributed by atoms with Crippen molar-refractivity contribution in [2.45, 2.75) is 6.04 Å². The minimum absolute atomic E-state index is 0.0231. The first-order chi connectivity index (χ1) is 9.97. The van der Waals surface area contributed by atoms with Crippen LogP contribution in [0.4, 0.5) is 0 Å². The average molecular weight is 304 g/mol. The van der Waals surface area contributed by atoms with E-state index >= 15 is 0 Å². The molecule has 5 N–H and O–H groups in total. The molecule has 0 aliphatic carbocycles. The third-order valence-electron chi connectivity index (χ3n) is 3.15. The molecular weight excluding hydrogens is 294 g/mol. The first kappa shape index (κ1) is 13.5. The number of hydrogen-bond donors (Lipinski definition) is 3. The van der Waals surface area contributed by atoms with E-state index in [9.17, 15) is 9.90 Å². The van der Waals surface area contributed by atoms with Crippen molar-refractivity contribution in [3.8, 4) is 5.75 Å². The Balaban J connectivity index is 2.09. The molecule has 0 aromatic heterocycles. The number of guanidine groups is 1. The number of fused-ring (bicyclic) bond motifs is 1. The second-order valence-electron chi connectivity index (χ2n) is 4.48. The number of hydrogen-bond acceptors (Lipinski definition) is 6. The van der Waals surface area contributed by atoms with E-state index < -0.39 is 11.9 Å². The van der Waals surface area contributed by atoms with Crippen molar-refractivity contribution in [2.24, 2.45) is 26.4 Å². The fraction of sp³-hybridized carbons (Fsp3) is 0.0769. The number of phenolic OH excluding ortho intramolecular Hbond substituents is 1. The Bertz CT molecular complexity index is 779. The molecule has 1 aromatic rings. The summed E-state index contributed by atoms with van der Waals surface area (Å²) in [6, 6.07) is 3.72. The van der Waals surface area contributed by atoms with Crippen molar-refractivity contribution >= 4 is 35.5 Å². The summed E-state index contributed by atoms with van der Waals surface area (Å²) in [5, 5.41) is 10.3. The zero-order valence-corrected chi connectivity index (χ0v) is 11.4. The van der Waals surface area contributed by atoms with Gasteiger partial charge in [-0.2, -0.15) is 9.98 Å². The third-order valence-corrected chi connectivity index (χ3v) is 3.38. The summed E-state index contributed by atoms with van der Waals surface area (Å²) in [6.07, 6.45) is 1.42. The Morgan fingerprint density at radius 1 is 1.29 bits per heavy atom. The van der Waals surface area contributed by atoms with Crippen molar-refractivity contribution in [2.75, 3.05) is 0 Å². The topological polar surface area (TPSA) is 126 Å². The van der Waals surface area contributed by atoms with Crippen LogP contribution in [-0.2, 0) is 4.79 Å². The molecule has 0 radical (unpaired) electrons. The average Bonchev–Trinajstić information content (AvgIpc) is 2.84. The van der Waals surface area contributed by atoms with E-state index in [0.717, 1.165) is 0 Å². The summed E-state index contributed by atoms with van der Waals surface area (Å²) in [6.45, 7) is 0. The lowest BCUT2D eigenvalue weighted by atomic mass is 9.95. The number of phenols is 1. The largest absolute Gasteiger partial charge is 0.508 e. The Morgan fingerprint density at radius 2 is 2.05 bits per heavy atom. The van der Waals surface area contributed by atoms with Gasteiger partial charge < -0.3 is 16.6 Å². The minimum Gasteiger partial charge on any atom is -0.508 e. The number of carbonyl (C=O) groups excluding carboxylic acids is 1. The van der Waals surface area contributed by atoms with Crippen LogP contribution in [0.3, 0.4) is 0 Å². The van der Waals surface area contributed by atoms with Gasteiger partial charge >= 0.3 is 0 Å². The van der Waals surface area contributed by atoms with Gasteiger partial charge in [0.1, 0.15) is 5.75 Å². The van der Waals surface area contributed by atoms with Gasteiger partial charge in [0.05, 0.1) is 11.6 Å². The number of nitrogens with zero attached hydrogens (tertiary/aromatic N) is 3. The number of aliphatic imine (C=N–C) groups is 3. The van der Waals surface area contributed by atoms with Gasteiger partial charge in [-0.15, -0.1) is 0 Å². The molecule has 0 saturated heterocycles. The van der Waals surface area contributed by atoms with E-state index in [1.807, 2.05) is 0 Å². The molecule has 2 heterocycles. The first-order valence-corrected chi connectivity index (χ1v) is 6.35. The fourth-order valence-electron chi connectivity index (χ4n) is 2.16. The van der Waals surface area contributed by atoms with E-state index in [0.29, 0.717) is 16.2 Å². The van der Waals surface area contributed by atoms with Crippen molar-refractivity contribution in [1.82, 2.24) is 0 Å². The number of carbonyl (C=O) groups is 1. The molecule has 0 bridgehead atoms. The maximum Gasteiger partial charge on any atom is 0.284 e. The quantitative estimate of drug-likeness (QED) is 0.742. The predicted molar refractivity (Wildman–Crippen MR) is 79.6 cm³/mol. The molecule has 7 nitrogen and oxygen atoms in total. The van der Waals surface area contributed by atoms with Gasteiger partial charge in [0, 0.05) is 22.4 Å². The van der Waals surface area contributed by atoms with Crippen molar-refractivity contribution < 1.29 is 9.90 Å². The number of rotatable bonds is 2. The van der Waals surface area contributed by atoms with E-state index in [-0.39, 0.29) is 23.1 Å². The molecule has 106 valence electrons. The van der Waals surface area contributed by atoms with Crippen LogP contribution < -0.4 is 11.5 Å². The third kappa shape index (κ3) is 2.22. The van der Waals surface area contributed by atoms with Crippen LogP contribution in [0.15, 0.2) is 44.3 Å². The highest BCUT2D eigenvalue weighted by Gasteiger charge is 2.31. The molecule has 2 aliphatic heterocycles. The number of benzene rings is 1. The Morgan fingerprint density at radius 3 is 2.81 bits per heavy atom. The van der Waals surface area contributed by atoms with Crippen molar-refractivity contribution in [1.29, 1.82) is 0 Å². The van der Waals surface area contributed by atoms with Crippen LogP contribution in [0.1, 0.15) is 11.6 Å². The summed E-state index contributed by atoms with van der Waals surface area (Å²) in [4.78, 5) is 23.4. The molecule has 21 heavy (non-hydrogen) atoms. The molecule has 8 heteroatoms. The van der Waals surface area contributed by atoms with Gasteiger partial charge in [-0.1, -0.05) is 11.6 Å². The highest BCUT2D eigenvalue weighted by Crippen LogP contribution is 2.33.